The number of ether oxygens (including phenoxy) is 1. The molecule has 3 aromatic heterocycles. The van der Waals surface area contributed by atoms with Crippen LogP contribution in [0.25, 0.3) is 127 Å². The molecule has 16 rings (SSSR count). The number of fused-ring (bicyclic) bond motifs is 9. The Morgan fingerprint density at radius 1 is 0.263 bits per heavy atom. The van der Waals surface area contributed by atoms with Crippen LogP contribution in [-0.2, 0) is 4.74 Å². The Morgan fingerprint density at radius 3 is 0.963 bits per heavy atom. The van der Waals surface area contributed by atoms with Gasteiger partial charge in [-0.25, -0.2) is 0 Å². The van der Waals surface area contributed by atoms with Crippen LogP contribution >= 0.6 is 0 Å². The third-order valence-electron chi connectivity index (χ3n) is 16.1. The number of para-hydroxylation sites is 1. The molecule has 0 N–H and O–H groups in total. The molecule has 0 saturated carbocycles. The van der Waals surface area contributed by atoms with Crippen molar-refractivity contribution >= 4 is 71.3 Å². The topological polar surface area (TPSA) is 36.4 Å². The van der Waals surface area contributed by atoms with Crippen molar-refractivity contribution in [2.45, 2.75) is 4.11 Å². The SMILES string of the molecule is c1ccc(C2=N[I-]C(c3ccc(-n4c5ccc(-c6ccccc6)cc5c5cc(-c6ccc7c(c6)c6cc(-c8ccccc8)ccc6n7-c6ccc7c(c6)c6cc(-c8ccccc8)ccc6n7-c6ccccc6)ccc54)cc3)O2)cc1. The average molecular weight is 1140 g/mol. The van der Waals surface area contributed by atoms with Crippen LogP contribution in [0.15, 0.2) is 288 Å². The number of hydrogen-bond donors (Lipinski definition) is 0. The Hall–Kier alpha value is -9.76. The molecule has 5 nitrogen and oxygen atoms in total. The molecule has 0 bridgehead atoms. The number of hydrogen-bond acceptors (Lipinski definition) is 2. The first kappa shape index (κ1) is 46.3. The maximum atomic E-state index is 6.47. The van der Waals surface area contributed by atoms with E-state index < -0.39 is 21.5 Å². The van der Waals surface area contributed by atoms with Crippen LogP contribution in [0.4, 0.5) is 0 Å². The first-order valence-electron chi connectivity index (χ1n) is 27.2. The molecule has 0 spiro atoms. The number of nitrogens with zero attached hydrogens (tertiary/aromatic N) is 4. The van der Waals surface area contributed by atoms with Crippen molar-refractivity contribution in [3.8, 4) is 61.6 Å². The fourth-order valence-corrected chi connectivity index (χ4v) is 14.2. The summed E-state index contributed by atoms with van der Waals surface area (Å²) in [5, 5.41) is 7.27. The van der Waals surface area contributed by atoms with Gasteiger partial charge in [-0.3, -0.25) is 0 Å². The second-order valence-electron chi connectivity index (χ2n) is 20.7. The molecule has 1 aliphatic rings. The van der Waals surface area contributed by atoms with Gasteiger partial charge in [0.05, 0.1) is 22.1 Å². The Morgan fingerprint density at radius 2 is 0.562 bits per heavy atom. The molecule has 378 valence electrons. The third kappa shape index (κ3) is 7.77. The molecule has 12 aromatic carbocycles. The maximum absolute atomic E-state index is 6.47. The molecule has 1 aliphatic heterocycles. The van der Waals surface area contributed by atoms with E-state index in [1.54, 1.807) is 0 Å². The molecule has 0 radical (unpaired) electrons. The standard InChI is InChI=1S/C74H48IN4O/c1-6-16-48(17-7-1)53-28-36-67-61(42-53)63-45-56(31-39-68(63)78(67)59-33-26-51(27-34-59)73-75-76-74(80-73)52-22-12-4-13-23-52)57-32-40-71-64(46-57)62-43-54(49-18-8-2-9-19-49)30-38-70(62)79(71)60-35-41-72-66(47-60)65-44-55(50-20-10-3-11-21-50)29-37-69(65)77(72)58-24-14-5-15-25-58/h1-47,73H/q-1. The zero-order valence-corrected chi connectivity index (χ0v) is 45.4. The van der Waals surface area contributed by atoms with E-state index in [-0.39, 0.29) is 4.11 Å². The van der Waals surface area contributed by atoms with Gasteiger partial charge >= 0.3 is 220 Å². The molecule has 0 saturated heterocycles. The number of halogens is 1. The van der Waals surface area contributed by atoms with Crippen molar-refractivity contribution in [2.75, 3.05) is 0 Å². The molecule has 15 aromatic rings. The van der Waals surface area contributed by atoms with Gasteiger partial charge in [0.25, 0.3) is 0 Å². The third-order valence-corrected chi connectivity index (χ3v) is 18.3. The predicted octanol–water partition coefficient (Wildman–Crippen LogP) is 16.1. The van der Waals surface area contributed by atoms with E-state index in [1.165, 1.54) is 87.9 Å². The zero-order chi connectivity index (χ0) is 52.7. The van der Waals surface area contributed by atoms with E-state index in [1.807, 2.05) is 18.2 Å². The summed E-state index contributed by atoms with van der Waals surface area (Å²) in [6, 6.07) is 104. The first-order chi connectivity index (χ1) is 39.6. The predicted molar refractivity (Wildman–Crippen MR) is 328 cm³/mol. The summed E-state index contributed by atoms with van der Waals surface area (Å²) in [5.74, 6) is 0.751. The number of rotatable bonds is 9. The molecule has 4 heterocycles. The van der Waals surface area contributed by atoms with E-state index in [0.29, 0.717) is 0 Å². The summed E-state index contributed by atoms with van der Waals surface area (Å²) in [6.07, 6.45) is 0. The summed E-state index contributed by atoms with van der Waals surface area (Å²) in [6.45, 7) is 0. The Labute approximate surface area is 473 Å². The van der Waals surface area contributed by atoms with Crippen molar-refractivity contribution in [1.29, 1.82) is 0 Å². The minimum absolute atomic E-state index is 0.0195. The van der Waals surface area contributed by atoms with Gasteiger partial charge in [0, 0.05) is 32.9 Å². The molecule has 80 heavy (non-hydrogen) atoms. The van der Waals surface area contributed by atoms with Gasteiger partial charge in [-0.05, 0) is 82.9 Å². The number of aromatic nitrogens is 3. The van der Waals surface area contributed by atoms with Crippen molar-refractivity contribution in [3.05, 3.63) is 296 Å². The van der Waals surface area contributed by atoms with Crippen molar-refractivity contribution in [3.63, 3.8) is 0 Å². The van der Waals surface area contributed by atoms with Crippen molar-refractivity contribution in [2.24, 2.45) is 3.21 Å². The van der Waals surface area contributed by atoms with Crippen LogP contribution in [0.5, 0.6) is 0 Å². The summed E-state index contributed by atoms with van der Waals surface area (Å²) < 4.78 is 18.6. The van der Waals surface area contributed by atoms with Gasteiger partial charge < -0.3 is 9.13 Å². The fraction of sp³-hybridized carbons (Fsp3) is 0.0135. The van der Waals surface area contributed by atoms with Gasteiger partial charge in [0.1, 0.15) is 0 Å². The molecule has 6 heteroatoms. The zero-order valence-electron chi connectivity index (χ0n) is 43.3. The van der Waals surface area contributed by atoms with E-state index in [9.17, 15) is 0 Å². The van der Waals surface area contributed by atoms with Crippen LogP contribution < -0.4 is 21.5 Å². The number of benzene rings is 12. The van der Waals surface area contributed by atoms with Crippen LogP contribution in [0.2, 0.25) is 0 Å². The minimum atomic E-state index is -0.551. The van der Waals surface area contributed by atoms with Crippen LogP contribution in [0, 0.1) is 0 Å². The average Bonchev–Trinajstić information content (AvgIpc) is 4.32. The van der Waals surface area contributed by atoms with E-state index >= 15 is 0 Å². The van der Waals surface area contributed by atoms with E-state index in [2.05, 4.69) is 281 Å². The van der Waals surface area contributed by atoms with Crippen LogP contribution in [0.3, 0.4) is 0 Å². The summed E-state index contributed by atoms with van der Waals surface area (Å²) in [5.41, 5.74) is 22.1. The molecule has 0 aliphatic carbocycles. The number of alkyl halides is 1. The second-order valence-corrected chi connectivity index (χ2v) is 22.9. The molecule has 0 amide bonds. The Balaban J connectivity index is 0.851. The normalized spacial score (nSPS) is 13.6. The Kier molecular flexibility index (Phi) is 11.0. The molecular formula is C74H48IN4O-. The van der Waals surface area contributed by atoms with Gasteiger partial charge in [0.2, 0.25) is 0 Å². The summed E-state index contributed by atoms with van der Waals surface area (Å²) in [7, 11) is 0. The van der Waals surface area contributed by atoms with Crippen LogP contribution in [0.1, 0.15) is 15.2 Å². The van der Waals surface area contributed by atoms with E-state index in [0.717, 1.165) is 56.2 Å². The Bertz CT molecular complexity index is 4910. The quantitative estimate of drug-likeness (QED) is 0.105. The van der Waals surface area contributed by atoms with Crippen molar-refractivity contribution in [1.82, 2.24) is 13.7 Å². The van der Waals surface area contributed by atoms with Gasteiger partial charge in [-0.15, -0.1) is 0 Å². The first-order valence-corrected chi connectivity index (χ1v) is 29.4. The summed E-state index contributed by atoms with van der Waals surface area (Å²) >= 11 is -0.551. The second kappa shape index (κ2) is 19.0. The van der Waals surface area contributed by atoms with Gasteiger partial charge in [-0.1, -0.05) is 109 Å². The molecule has 1 atom stereocenters. The van der Waals surface area contributed by atoms with Gasteiger partial charge in [-0.2, -0.15) is 0 Å². The van der Waals surface area contributed by atoms with E-state index in [4.69, 9.17) is 7.94 Å². The van der Waals surface area contributed by atoms with Crippen LogP contribution in [-0.4, -0.2) is 19.6 Å². The monoisotopic (exact) mass is 1140 g/mol. The van der Waals surface area contributed by atoms with Crippen molar-refractivity contribution < 1.29 is 26.2 Å². The van der Waals surface area contributed by atoms with Gasteiger partial charge in [0.15, 0.2) is 0 Å². The molecular weight excluding hydrogens is 1090 g/mol. The summed E-state index contributed by atoms with van der Waals surface area (Å²) in [4.78, 5) is 0. The fourth-order valence-electron chi connectivity index (χ4n) is 12.2. The molecule has 0 fully saturated rings. The molecule has 1 unspecified atom stereocenters.